The Balaban J connectivity index is 1.49. The fourth-order valence-corrected chi connectivity index (χ4v) is 4.85. The average molecular weight is 421 g/mol. The maximum atomic E-state index is 13.3. The van der Waals surface area contributed by atoms with E-state index in [9.17, 15) is 4.79 Å². The Labute approximate surface area is 182 Å². The molecule has 1 heterocycles. The van der Waals surface area contributed by atoms with Gasteiger partial charge in [0.1, 0.15) is 0 Å². The Morgan fingerprint density at radius 2 is 1.73 bits per heavy atom. The summed E-state index contributed by atoms with van der Waals surface area (Å²) in [4.78, 5) is 15.3. The van der Waals surface area contributed by atoms with E-state index in [0.717, 1.165) is 35.1 Å². The Bertz CT molecular complexity index is 978. The Kier molecular flexibility index (Phi) is 6.53. The molecule has 1 amide bonds. The molecule has 30 heavy (non-hydrogen) atoms. The number of carbonyl (C=O) groups excluding carboxylic acids is 1. The second-order valence-electron chi connectivity index (χ2n) is 7.91. The molecule has 1 saturated carbocycles. The molecule has 3 aromatic rings. The van der Waals surface area contributed by atoms with Gasteiger partial charge in [0.25, 0.3) is 0 Å². The Morgan fingerprint density at radius 1 is 1.03 bits per heavy atom. The van der Waals surface area contributed by atoms with Gasteiger partial charge in [-0.2, -0.15) is 0 Å². The van der Waals surface area contributed by atoms with Crippen molar-refractivity contribution in [2.45, 2.75) is 50.2 Å². The van der Waals surface area contributed by atoms with Gasteiger partial charge in [-0.15, -0.1) is 10.2 Å². The lowest BCUT2D eigenvalue weighted by Crippen LogP contribution is -2.42. The number of carbonyl (C=O) groups is 1. The summed E-state index contributed by atoms with van der Waals surface area (Å²) in [6.07, 6.45) is 5.80. The topological polar surface area (TPSA) is 51.0 Å². The SMILES string of the molecule is Cc1ccc(-c2nnc(SCC(=O)N(c3ccccc3)C3CCCCC3)n2C)cc1. The molecule has 0 N–H and O–H groups in total. The number of aryl methyl sites for hydroxylation is 1. The van der Waals surface area contributed by atoms with Crippen molar-refractivity contribution in [3.8, 4) is 11.4 Å². The number of thioether (sulfide) groups is 1. The van der Waals surface area contributed by atoms with E-state index in [-0.39, 0.29) is 11.9 Å². The van der Waals surface area contributed by atoms with Crippen molar-refractivity contribution in [2.75, 3.05) is 10.7 Å². The number of rotatable bonds is 6. The monoisotopic (exact) mass is 420 g/mol. The first kappa shape index (κ1) is 20.7. The molecule has 1 aromatic heterocycles. The van der Waals surface area contributed by atoms with Crippen molar-refractivity contribution < 1.29 is 4.79 Å². The fourth-order valence-electron chi connectivity index (χ4n) is 4.08. The zero-order chi connectivity index (χ0) is 20.9. The number of para-hydroxylation sites is 1. The summed E-state index contributed by atoms with van der Waals surface area (Å²) >= 11 is 1.46. The lowest BCUT2D eigenvalue weighted by atomic mass is 9.93. The van der Waals surface area contributed by atoms with Crippen LogP contribution in [0.15, 0.2) is 59.8 Å². The standard InChI is InChI=1S/C24H28N4OS/c1-18-13-15-19(16-14-18)23-25-26-24(27(23)2)30-17-22(29)28(20-9-5-3-6-10-20)21-11-7-4-8-12-21/h3,5-6,9-10,13-16,21H,4,7-8,11-12,17H2,1-2H3. The third-order valence-corrected chi connectivity index (χ3v) is 6.72. The number of aromatic nitrogens is 3. The number of anilines is 1. The molecule has 0 spiro atoms. The van der Waals surface area contributed by atoms with Crippen LogP contribution in [0.1, 0.15) is 37.7 Å². The molecule has 0 aliphatic heterocycles. The molecule has 5 nitrogen and oxygen atoms in total. The Morgan fingerprint density at radius 3 is 2.43 bits per heavy atom. The van der Waals surface area contributed by atoms with Crippen molar-refractivity contribution in [1.82, 2.24) is 14.8 Å². The molecule has 156 valence electrons. The van der Waals surface area contributed by atoms with Gasteiger partial charge in [0.05, 0.1) is 5.75 Å². The van der Waals surface area contributed by atoms with Gasteiger partial charge in [0, 0.05) is 24.3 Å². The van der Waals surface area contributed by atoms with Gasteiger partial charge in [0.2, 0.25) is 5.91 Å². The van der Waals surface area contributed by atoms with E-state index in [0.29, 0.717) is 5.75 Å². The maximum Gasteiger partial charge on any atom is 0.237 e. The van der Waals surface area contributed by atoms with Crippen molar-refractivity contribution in [2.24, 2.45) is 7.05 Å². The van der Waals surface area contributed by atoms with E-state index >= 15 is 0 Å². The van der Waals surface area contributed by atoms with Crippen LogP contribution >= 0.6 is 11.8 Å². The zero-order valence-corrected chi connectivity index (χ0v) is 18.4. The van der Waals surface area contributed by atoms with E-state index in [1.165, 1.54) is 36.6 Å². The highest BCUT2D eigenvalue weighted by molar-refractivity contribution is 7.99. The first-order chi connectivity index (χ1) is 14.6. The minimum atomic E-state index is 0.137. The van der Waals surface area contributed by atoms with Crippen LogP contribution in [0.5, 0.6) is 0 Å². The van der Waals surface area contributed by atoms with E-state index < -0.39 is 0 Å². The first-order valence-corrected chi connectivity index (χ1v) is 11.6. The van der Waals surface area contributed by atoms with Crippen LogP contribution in [-0.4, -0.2) is 32.5 Å². The highest BCUT2D eigenvalue weighted by atomic mass is 32.2. The molecule has 0 bridgehead atoms. The van der Waals surface area contributed by atoms with Gasteiger partial charge in [0.15, 0.2) is 11.0 Å². The summed E-state index contributed by atoms with van der Waals surface area (Å²) < 4.78 is 1.97. The summed E-state index contributed by atoms with van der Waals surface area (Å²) in [5.41, 5.74) is 3.24. The van der Waals surface area contributed by atoms with Gasteiger partial charge in [-0.1, -0.05) is 79.1 Å². The molecule has 1 aliphatic rings. The molecule has 4 rings (SSSR count). The number of amides is 1. The van der Waals surface area contributed by atoms with Crippen molar-refractivity contribution >= 4 is 23.4 Å². The van der Waals surface area contributed by atoms with Crippen LogP contribution < -0.4 is 4.90 Å². The summed E-state index contributed by atoms with van der Waals surface area (Å²) in [5, 5.41) is 9.45. The number of hydrogen-bond acceptors (Lipinski definition) is 4. The van der Waals surface area contributed by atoms with Crippen LogP contribution in [0.3, 0.4) is 0 Å². The number of hydrogen-bond donors (Lipinski definition) is 0. The smallest absolute Gasteiger partial charge is 0.237 e. The van der Waals surface area contributed by atoms with Crippen LogP contribution in [0.2, 0.25) is 0 Å². The van der Waals surface area contributed by atoms with Gasteiger partial charge >= 0.3 is 0 Å². The lowest BCUT2D eigenvalue weighted by molar-refractivity contribution is -0.116. The highest BCUT2D eigenvalue weighted by Gasteiger charge is 2.27. The first-order valence-electron chi connectivity index (χ1n) is 10.6. The second-order valence-corrected chi connectivity index (χ2v) is 8.85. The van der Waals surface area contributed by atoms with Gasteiger partial charge in [-0.3, -0.25) is 4.79 Å². The molecular weight excluding hydrogens is 392 g/mol. The molecule has 0 atom stereocenters. The van der Waals surface area contributed by atoms with E-state index in [4.69, 9.17) is 0 Å². The van der Waals surface area contributed by atoms with Gasteiger partial charge in [-0.05, 0) is 31.9 Å². The van der Waals surface area contributed by atoms with Crippen LogP contribution in [0, 0.1) is 6.92 Å². The number of benzene rings is 2. The Hall–Kier alpha value is -2.60. The van der Waals surface area contributed by atoms with Gasteiger partial charge < -0.3 is 9.47 Å². The number of nitrogens with zero attached hydrogens (tertiary/aromatic N) is 4. The zero-order valence-electron chi connectivity index (χ0n) is 17.6. The molecule has 1 aliphatic carbocycles. The maximum absolute atomic E-state index is 13.3. The highest BCUT2D eigenvalue weighted by Crippen LogP contribution is 2.29. The normalized spacial score (nSPS) is 14.6. The van der Waals surface area contributed by atoms with Crippen LogP contribution in [-0.2, 0) is 11.8 Å². The van der Waals surface area contributed by atoms with E-state index in [2.05, 4.69) is 41.4 Å². The third kappa shape index (κ3) is 4.59. The summed E-state index contributed by atoms with van der Waals surface area (Å²) in [7, 11) is 1.96. The predicted molar refractivity (Wildman–Crippen MR) is 123 cm³/mol. The van der Waals surface area contributed by atoms with Crippen molar-refractivity contribution in [3.63, 3.8) is 0 Å². The summed E-state index contributed by atoms with van der Waals surface area (Å²) in [5.74, 6) is 1.31. The van der Waals surface area contributed by atoms with Gasteiger partial charge in [-0.25, -0.2) is 0 Å². The molecule has 0 radical (unpaired) electrons. The van der Waals surface area contributed by atoms with E-state index in [1.807, 2.05) is 46.8 Å². The molecule has 6 heteroatoms. The summed E-state index contributed by atoms with van der Waals surface area (Å²) in [6, 6.07) is 18.6. The molecule has 1 fully saturated rings. The molecule has 2 aromatic carbocycles. The molecule has 0 unspecified atom stereocenters. The van der Waals surface area contributed by atoms with Crippen LogP contribution in [0.4, 0.5) is 5.69 Å². The van der Waals surface area contributed by atoms with Crippen molar-refractivity contribution in [1.29, 1.82) is 0 Å². The third-order valence-electron chi connectivity index (χ3n) is 5.71. The fraction of sp³-hybridized carbons (Fsp3) is 0.375. The minimum Gasteiger partial charge on any atom is -0.309 e. The van der Waals surface area contributed by atoms with Crippen molar-refractivity contribution in [3.05, 3.63) is 60.2 Å². The average Bonchev–Trinajstić information content (AvgIpc) is 3.15. The lowest BCUT2D eigenvalue weighted by Gasteiger charge is -2.34. The minimum absolute atomic E-state index is 0.137. The second kappa shape index (κ2) is 9.47. The predicted octanol–water partition coefficient (Wildman–Crippen LogP) is 5.25. The van der Waals surface area contributed by atoms with Crippen LogP contribution in [0.25, 0.3) is 11.4 Å². The summed E-state index contributed by atoms with van der Waals surface area (Å²) in [6.45, 7) is 2.07. The molecule has 0 saturated heterocycles. The quantitative estimate of drug-likeness (QED) is 0.511. The largest absolute Gasteiger partial charge is 0.309 e. The molecular formula is C24H28N4OS. The van der Waals surface area contributed by atoms with E-state index in [1.54, 1.807) is 0 Å².